The minimum Gasteiger partial charge on any atom is -0.480 e. The van der Waals surface area contributed by atoms with Crippen LogP contribution in [0.5, 0.6) is 0 Å². The van der Waals surface area contributed by atoms with Gasteiger partial charge >= 0.3 is 5.97 Å². The quantitative estimate of drug-likeness (QED) is 0.635. The van der Waals surface area contributed by atoms with E-state index in [2.05, 4.69) is 4.90 Å². The van der Waals surface area contributed by atoms with Gasteiger partial charge in [0.05, 0.1) is 6.61 Å². The zero-order valence-electron chi connectivity index (χ0n) is 10.3. The Hall–Kier alpha value is -1.14. The first-order valence-corrected chi connectivity index (χ1v) is 5.75. The smallest absolute Gasteiger partial charge is 0.318 e. The Morgan fingerprint density at radius 3 is 2.12 bits per heavy atom. The van der Waals surface area contributed by atoms with Gasteiger partial charge in [-0.1, -0.05) is 0 Å². The molecule has 1 aliphatic rings. The molecule has 2 N–H and O–H groups in total. The summed E-state index contributed by atoms with van der Waals surface area (Å²) in [5.41, 5.74) is -1.36. The van der Waals surface area contributed by atoms with E-state index in [-0.39, 0.29) is 12.5 Å². The fraction of sp³-hybridized carbons (Fsp3) is 0.818. The van der Waals surface area contributed by atoms with Gasteiger partial charge in [-0.15, -0.1) is 0 Å². The summed E-state index contributed by atoms with van der Waals surface area (Å²) in [6.07, 6.45) is 0. The molecule has 0 radical (unpaired) electrons. The van der Waals surface area contributed by atoms with Crippen molar-refractivity contribution in [2.45, 2.75) is 13.8 Å². The highest BCUT2D eigenvalue weighted by atomic mass is 16.4. The van der Waals surface area contributed by atoms with Crippen molar-refractivity contribution >= 4 is 11.9 Å². The van der Waals surface area contributed by atoms with Crippen LogP contribution in [0.15, 0.2) is 0 Å². The molecular weight excluding hydrogens is 224 g/mol. The topological polar surface area (TPSA) is 81.1 Å². The highest BCUT2D eigenvalue weighted by Gasteiger charge is 2.39. The number of carboxylic acid groups (broad SMARTS) is 1. The molecule has 17 heavy (non-hydrogen) atoms. The van der Waals surface area contributed by atoms with Gasteiger partial charge in [0.25, 0.3) is 0 Å². The van der Waals surface area contributed by atoms with Crippen LogP contribution in [-0.2, 0) is 9.59 Å². The van der Waals surface area contributed by atoms with E-state index in [1.807, 2.05) is 0 Å². The maximum atomic E-state index is 12.0. The first kappa shape index (κ1) is 13.9. The predicted octanol–water partition coefficient (Wildman–Crippen LogP) is -0.766. The molecule has 6 nitrogen and oxygen atoms in total. The molecule has 0 atom stereocenters. The maximum absolute atomic E-state index is 12.0. The second-order valence-electron chi connectivity index (χ2n) is 4.79. The van der Waals surface area contributed by atoms with Crippen molar-refractivity contribution in [1.82, 2.24) is 9.80 Å². The highest BCUT2D eigenvalue weighted by Crippen LogP contribution is 2.20. The molecule has 0 aromatic carbocycles. The lowest BCUT2D eigenvalue weighted by Crippen LogP contribution is -2.54. The third-order valence-electron chi connectivity index (χ3n) is 3.15. The molecule has 1 aliphatic heterocycles. The summed E-state index contributed by atoms with van der Waals surface area (Å²) in [4.78, 5) is 26.6. The first-order chi connectivity index (χ1) is 7.89. The Balaban J connectivity index is 2.54. The molecule has 1 amide bonds. The fourth-order valence-corrected chi connectivity index (χ4v) is 1.80. The predicted molar refractivity (Wildman–Crippen MR) is 61.5 cm³/mol. The van der Waals surface area contributed by atoms with Gasteiger partial charge in [0.15, 0.2) is 0 Å². The van der Waals surface area contributed by atoms with Crippen LogP contribution < -0.4 is 0 Å². The summed E-state index contributed by atoms with van der Waals surface area (Å²) in [5.74, 6) is -1.44. The van der Waals surface area contributed by atoms with E-state index in [4.69, 9.17) is 10.2 Å². The molecule has 0 spiro atoms. The average Bonchev–Trinajstić information content (AvgIpc) is 2.29. The number of amides is 1. The number of hydrogen-bond acceptors (Lipinski definition) is 4. The summed E-state index contributed by atoms with van der Waals surface area (Å²) in [6, 6.07) is 0. The van der Waals surface area contributed by atoms with E-state index >= 15 is 0 Å². The number of carbonyl (C=O) groups is 2. The Labute approximate surface area is 101 Å². The summed E-state index contributed by atoms with van der Waals surface area (Å²) in [7, 11) is 0. The number of hydrogen-bond donors (Lipinski definition) is 2. The number of aliphatic carboxylic acids is 1. The van der Waals surface area contributed by atoms with Crippen LogP contribution in [0, 0.1) is 5.41 Å². The number of rotatable bonds is 4. The number of carbonyl (C=O) groups excluding carboxylic acids is 1. The number of piperazine rings is 1. The van der Waals surface area contributed by atoms with Crippen LogP contribution in [0.25, 0.3) is 0 Å². The van der Waals surface area contributed by atoms with Crippen molar-refractivity contribution in [2.75, 3.05) is 39.3 Å². The van der Waals surface area contributed by atoms with Crippen molar-refractivity contribution in [3.05, 3.63) is 0 Å². The largest absolute Gasteiger partial charge is 0.480 e. The lowest BCUT2D eigenvalue weighted by Gasteiger charge is -2.37. The summed E-state index contributed by atoms with van der Waals surface area (Å²) in [6.45, 7) is 5.98. The van der Waals surface area contributed by atoms with Gasteiger partial charge in [-0.3, -0.25) is 14.5 Å². The Bertz CT molecular complexity index is 296. The lowest BCUT2D eigenvalue weighted by molar-refractivity contribution is -0.159. The molecule has 0 bridgehead atoms. The zero-order valence-corrected chi connectivity index (χ0v) is 10.3. The van der Waals surface area contributed by atoms with E-state index in [0.29, 0.717) is 32.7 Å². The van der Waals surface area contributed by atoms with Crippen LogP contribution in [0.4, 0.5) is 0 Å². The van der Waals surface area contributed by atoms with E-state index in [1.54, 1.807) is 4.90 Å². The maximum Gasteiger partial charge on any atom is 0.318 e. The normalized spacial score (nSPS) is 18.2. The van der Waals surface area contributed by atoms with Gasteiger partial charge < -0.3 is 15.1 Å². The summed E-state index contributed by atoms with van der Waals surface area (Å²) in [5, 5.41) is 17.8. The molecule has 0 unspecified atom stereocenters. The van der Waals surface area contributed by atoms with E-state index < -0.39 is 11.4 Å². The lowest BCUT2D eigenvalue weighted by atomic mass is 9.91. The van der Waals surface area contributed by atoms with Crippen LogP contribution in [-0.4, -0.2) is 71.2 Å². The number of β-amino-alcohol motifs (C(OH)–C–C–N with tert-alkyl or cyclic N) is 1. The Morgan fingerprint density at radius 1 is 1.18 bits per heavy atom. The molecule has 1 heterocycles. The number of nitrogens with zero attached hydrogens (tertiary/aromatic N) is 2. The second kappa shape index (κ2) is 5.46. The minimum atomic E-state index is -1.36. The third-order valence-corrected chi connectivity index (χ3v) is 3.15. The van der Waals surface area contributed by atoms with Gasteiger partial charge in [0.1, 0.15) is 5.41 Å². The van der Waals surface area contributed by atoms with Gasteiger partial charge in [-0.25, -0.2) is 0 Å². The number of carboxylic acids is 1. The molecule has 1 fully saturated rings. The molecule has 0 aliphatic carbocycles. The molecule has 6 heteroatoms. The van der Waals surface area contributed by atoms with E-state index in [9.17, 15) is 9.59 Å². The Morgan fingerprint density at radius 2 is 1.71 bits per heavy atom. The van der Waals surface area contributed by atoms with Gasteiger partial charge in [-0.05, 0) is 13.8 Å². The third kappa shape index (κ3) is 3.17. The van der Waals surface area contributed by atoms with Crippen LogP contribution >= 0.6 is 0 Å². The van der Waals surface area contributed by atoms with Crippen LogP contribution in [0.2, 0.25) is 0 Å². The second-order valence-corrected chi connectivity index (χ2v) is 4.79. The number of aliphatic hydroxyl groups excluding tert-OH is 1. The zero-order chi connectivity index (χ0) is 13.1. The monoisotopic (exact) mass is 244 g/mol. The average molecular weight is 244 g/mol. The highest BCUT2D eigenvalue weighted by molar-refractivity contribution is 6.01. The SMILES string of the molecule is CC(C)(C(=O)O)C(=O)N1CCN(CCO)CC1. The molecule has 98 valence electrons. The summed E-state index contributed by atoms with van der Waals surface area (Å²) >= 11 is 0. The fourth-order valence-electron chi connectivity index (χ4n) is 1.80. The molecule has 1 saturated heterocycles. The van der Waals surface area contributed by atoms with Gasteiger partial charge in [0, 0.05) is 32.7 Å². The Kier molecular flexibility index (Phi) is 4.47. The summed E-state index contributed by atoms with van der Waals surface area (Å²) < 4.78 is 0. The number of aliphatic hydroxyl groups is 1. The molecular formula is C11H20N2O4. The molecule has 0 saturated carbocycles. The van der Waals surface area contributed by atoms with E-state index in [0.717, 1.165) is 0 Å². The standard InChI is InChI=1S/C11H20N2O4/c1-11(2,10(16)17)9(15)13-5-3-12(4-6-13)7-8-14/h14H,3-8H2,1-2H3,(H,16,17). The van der Waals surface area contributed by atoms with Gasteiger partial charge in [-0.2, -0.15) is 0 Å². The molecule has 0 aromatic rings. The van der Waals surface area contributed by atoms with Crippen molar-refractivity contribution < 1.29 is 19.8 Å². The minimum absolute atomic E-state index is 0.106. The van der Waals surface area contributed by atoms with Crippen molar-refractivity contribution in [2.24, 2.45) is 5.41 Å². The van der Waals surface area contributed by atoms with Crippen LogP contribution in [0.3, 0.4) is 0 Å². The molecule has 0 aromatic heterocycles. The van der Waals surface area contributed by atoms with Gasteiger partial charge in [0.2, 0.25) is 5.91 Å². The first-order valence-electron chi connectivity index (χ1n) is 5.75. The van der Waals surface area contributed by atoms with Crippen molar-refractivity contribution in [3.63, 3.8) is 0 Å². The van der Waals surface area contributed by atoms with E-state index in [1.165, 1.54) is 13.8 Å². The molecule has 1 rings (SSSR count). The van der Waals surface area contributed by atoms with Crippen molar-refractivity contribution in [3.8, 4) is 0 Å². The van der Waals surface area contributed by atoms with Crippen LogP contribution in [0.1, 0.15) is 13.8 Å². The van der Waals surface area contributed by atoms with Crippen molar-refractivity contribution in [1.29, 1.82) is 0 Å².